The Balaban J connectivity index is 1.53. The summed E-state index contributed by atoms with van der Waals surface area (Å²) in [5.41, 5.74) is 10.1. The van der Waals surface area contributed by atoms with E-state index in [-0.39, 0.29) is 6.04 Å². The lowest BCUT2D eigenvalue weighted by Crippen LogP contribution is -2.28. The average Bonchev–Trinajstić information content (AvgIpc) is 3.02. The summed E-state index contributed by atoms with van der Waals surface area (Å²) >= 11 is 0. The SMILES string of the molecule is Cc1ccc([C@@H](C)N(CC=C(c2ccccc2)c2ccccc2)CC=C(c2ccccc2)c2ccccc2)cc1. The number of hydrogen-bond acceptors (Lipinski definition) is 1. The Morgan fingerprint density at radius 2 is 0.825 bits per heavy atom. The van der Waals surface area contributed by atoms with E-state index in [0.29, 0.717) is 0 Å². The maximum atomic E-state index is 2.56. The van der Waals surface area contributed by atoms with E-state index in [9.17, 15) is 0 Å². The molecule has 5 aromatic rings. The summed E-state index contributed by atoms with van der Waals surface area (Å²) in [5, 5.41) is 0. The molecular formula is C39H37N. The fourth-order valence-electron chi connectivity index (χ4n) is 5.14. The maximum Gasteiger partial charge on any atom is 0.0326 e. The van der Waals surface area contributed by atoms with Crippen LogP contribution >= 0.6 is 0 Å². The van der Waals surface area contributed by atoms with Gasteiger partial charge in [-0.2, -0.15) is 0 Å². The molecule has 40 heavy (non-hydrogen) atoms. The van der Waals surface area contributed by atoms with Gasteiger partial charge in [-0.05, 0) is 52.8 Å². The Morgan fingerprint density at radius 1 is 0.500 bits per heavy atom. The molecule has 5 aromatic carbocycles. The smallest absolute Gasteiger partial charge is 0.0326 e. The molecule has 1 atom stereocenters. The highest BCUT2D eigenvalue weighted by atomic mass is 15.1. The van der Waals surface area contributed by atoms with Gasteiger partial charge in [0.05, 0.1) is 0 Å². The first kappa shape index (κ1) is 27.1. The van der Waals surface area contributed by atoms with Crippen LogP contribution < -0.4 is 0 Å². The first-order valence-electron chi connectivity index (χ1n) is 14.1. The van der Waals surface area contributed by atoms with Crippen LogP contribution in [0.3, 0.4) is 0 Å². The number of nitrogens with zero attached hydrogens (tertiary/aromatic N) is 1. The molecular weight excluding hydrogens is 482 g/mol. The highest BCUT2D eigenvalue weighted by Gasteiger charge is 2.16. The van der Waals surface area contributed by atoms with Crippen molar-refractivity contribution >= 4 is 11.1 Å². The molecule has 0 bridgehead atoms. The van der Waals surface area contributed by atoms with Gasteiger partial charge in [-0.25, -0.2) is 0 Å². The zero-order valence-electron chi connectivity index (χ0n) is 23.4. The van der Waals surface area contributed by atoms with Crippen molar-refractivity contribution in [2.24, 2.45) is 0 Å². The summed E-state index contributed by atoms with van der Waals surface area (Å²) in [7, 11) is 0. The molecule has 0 aliphatic carbocycles. The van der Waals surface area contributed by atoms with E-state index >= 15 is 0 Å². The Morgan fingerprint density at radius 3 is 1.15 bits per heavy atom. The summed E-state index contributed by atoms with van der Waals surface area (Å²) in [4.78, 5) is 2.56. The van der Waals surface area contributed by atoms with Gasteiger partial charge in [-0.15, -0.1) is 0 Å². The van der Waals surface area contributed by atoms with Gasteiger partial charge in [0.1, 0.15) is 0 Å². The lowest BCUT2D eigenvalue weighted by atomic mass is 9.96. The third kappa shape index (κ3) is 6.94. The van der Waals surface area contributed by atoms with Crippen LogP contribution in [0.25, 0.3) is 11.1 Å². The second kappa shape index (κ2) is 13.6. The van der Waals surface area contributed by atoms with Gasteiger partial charge < -0.3 is 0 Å². The minimum absolute atomic E-state index is 0.244. The van der Waals surface area contributed by atoms with E-state index in [1.165, 1.54) is 44.5 Å². The van der Waals surface area contributed by atoms with Gasteiger partial charge in [0, 0.05) is 19.1 Å². The second-order valence-electron chi connectivity index (χ2n) is 10.2. The molecule has 198 valence electrons. The molecule has 0 N–H and O–H groups in total. The summed E-state index contributed by atoms with van der Waals surface area (Å²) in [6.07, 6.45) is 4.79. The molecule has 0 fully saturated rings. The summed E-state index contributed by atoms with van der Waals surface area (Å²) in [6.45, 7) is 6.11. The van der Waals surface area contributed by atoms with Gasteiger partial charge in [0.15, 0.2) is 0 Å². The molecule has 1 nitrogen and oxygen atoms in total. The fraction of sp³-hybridized carbons (Fsp3) is 0.128. The number of rotatable bonds is 10. The molecule has 5 rings (SSSR count). The molecule has 0 heterocycles. The van der Waals surface area contributed by atoms with Gasteiger partial charge in [-0.3, -0.25) is 4.90 Å². The zero-order chi connectivity index (χ0) is 27.6. The van der Waals surface area contributed by atoms with Crippen LogP contribution in [0.4, 0.5) is 0 Å². The normalized spacial score (nSPS) is 11.6. The minimum atomic E-state index is 0.244. The van der Waals surface area contributed by atoms with Crippen molar-refractivity contribution in [1.29, 1.82) is 0 Å². The Kier molecular flexibility index (Phi) is 9.19. The molecule has 0 unspecified atom stereocenters. The molecule has 1 heteroatoms. The van der Waals surface area contributed by atoms with Crippen molar-refractivity contribution in [2.45, 2.75) is 19.9 Å². The van der Waals surface area contributed by atoms with Crippen LogP contribution in [0.2, 0.25) is 0 Å². The van der Waals surface area contributed by atoms with Crippen LogP contribution in [0.1, 0.15) is 46.3 Å². The second-order valence-corrected chi connectivity index (χ2v) is 10.2. The molecule has 0 amide bonds. The van der Waals surface area contributed by atoms with Gasteiger partial charge in [-0.1, -0.05) is 163 Å². The number of aryl methyl sites for hydroxylation is 1. The largest absolute Gasteiger partial charge is 0.289 e. The summed E-state index contributed by atoms with van der Waals surface area (Å²) in [6, 6.07) is 52.1. The number of benzene rings is 5. The van der Waals surface area contributed by atoms with E-state index in [2.05, 4.69) is 176 Å². The Labute approximate surface area is 239 Å². The summed E-state index contributed by atoms with van der Waals surface area (Å²) in [5.74, 6) is 0. The quantitative estimate of drug-likeness (QED) is 0.177. The number of hydrogen-bond donors (Lipinski definition) is 0. The predicted molar refractivity (Wildman–Crippen MR) is 171 cm³/mol. The molecule has 0 aliphatic heterocycles. The summed E-state index contributed by atoms with van der Waals surface area (Å²) < 4.78 is 0. The van der Waals surface area contributed by atoms with E-state index < -0.39 is 0 Å². The molecule has 0 saturated heterocycles. The lowest BCUT2D eigenvalue weighted by Gasteiger charge is -2.28. The van der Waals surface area contributed by atoms with Crippen LogP contribution in [0.5, 0.6) is 0 Å². The van der Waals surface area contributed by atoms with E-state index in [0.717, 1.165) is 13.1 Å². The standard InChI is InChI=1S/C39H37N/c1-31-23-25-33(26-24-31)32(2)40(29-27-38(34-15-7-3-8-16-34)35-17-9-4-10-18-35)30-28-39(36-19-11-5-12-20-36)37-21-13-6-14-22-37/h3-28,32H,29-30H2,1-2H3/t32-/m1/s1. The molecule has 0 aliphatic rings. The van der Waals surface area contributed by atoms with Crippen LogP contribution in [-0.2, 0) is 0 Å². The van der Waals surface area contributed by atoms with Crippen molar-refractivity contribution in [3.63, 3.8) is 0 Å². The van der Waals surface area contributed by atoms with Gasteiger partial charge in [0.2, 0.25) is 0 Å². The highest BCUT2D eigenvalue weighted by molar-refractivity contribution is 5.80. The van der Waals surface area contributed by atoms with Crippen molar-refractivity contribution in [3.8, 4) is 0 Å². The zero-order valence-corrected chi connectivity index (χ0v) is 23.4. The lowest BCUT2D eigenvalue weighted by molar-refractivity contribution is 0.260. The monoisotopic (exact) mass is 519 g/mol. The molecule has 0 aromatic heterocycles. The van der Waals surface area contributed by atoms with Gasteiger partial charge >= 0.3 is 0 Å². The first-order chi connectivity index (χ1) is 19.7. The van der Waals surface area contributed by atoms with E-state index in [4.69, 9.17) is 0 Å². The van der Waals surface area contributed by atoms with Crippen molar-refractivity contribution < 1.29 is 0 Å². The third-order valence-electron chi connectivity index (χ3n) is 7.51. The minimum Gasteiger partial charge on any atom is -0.289 e. The molecule has 0 radical (unpaired) electrons. The fourth-order valence-corrected chi connectivity index (χ4v) is 5.14. The van der Waals surface area contributed by atoms with Crippen LogP contribution in [0.15, 0.2) is 158 Å². The average molecular weight is 520 g/mol. The molecule has 0 spiro atoms. The third-order valence-corrected chi connectivity index (χ3v) is 7.51. The van der Waals surface area contributed by atoms with E-state index in [1.54, 1.807) is 0 Å². The van der Waals surface area contributed by atoms with Crippen molar-refractivity contribution in [2.75, 3.05) is 13.1 Å². The predicted octanol–water partition coefficient (Wildman–Crippen LogP) is 9.62. The topological polar surface area (TPSA) is 3.24 Å². The highest BCUT2D eigenvalue weighted by Crippen LogP contribution is 2.28. The van der Waals surface area contributed by atoms with Crippen molar-refractivity contribution in [3.05, 3.63) is 191 Å². The van der Waals surface area contributed by atoms with Crippen LogP contribution in [0, 0.1) is 6.92 Å². The molecule has 0 saturated carbocycles. The van der Waals surface area contributed by atoms with E-state index in [1.807, 2.05) is 0 Å². The first-order valence-corrected chi connectivity index (χ1v) is 14.1. The van der Waals surface area contributed by atoms with Gasteiger partial charge in [0.25, 0.3) is 0 Å². The van der Waals surface area contributed by atoms with Crippen LogP contribution in [-0.4, -0.2) is 18.0 Å². The Hall–Kier alpha value is -4.46. The Bertz CT molecular complexity index is 1340. The van der Waals surface area contributed by atoms with Crippen molar-refractivity contribution in [1.82, 2.24) is 4.90 Å². The maximum absolute atomic E-state index is 2.56.